The van der Waals surface area contributed by atoms with Crippen molar-refractivity contribution in [3.63, 3.8) is 0 Å². The van der Waals surface area contributed by atoms with E-state index in [1.807, 2.05) is 18.2 Å². The minimum atomic E-state index is -2.90. The van der Waals surface area contributed by atoms with E-state index in [1.165, 1.54) is 5.56 Å². The van der Waals surface area contributed by atoms with Gasteiger partial charge in [0.25, 0.3) is 5.24 Å². The van der Waals surface area contributed by atoms with Gasteiger partial charge in [0, 0.05) is 12.8 Å². The summed E-state index contributed by atoms with van der Waals surface area (Å²) in [6.45, 7) is 2.44. The number of benzene rings is 1. The molecule has 0 fully saturated rings. The summed E-state index contributed by atoms with van der Waals surface area (Å²) in [5, 5.41) is 1.95. The van der Waals surface area contributed by atoms with E-state index >= 15 is 0 Å². The first-order valence-corrected chi connectivity index (χ1v) is 8.99. The Labute approximate surface area is 137 Å². The highest BCUT2D eigenvalue weighted by molar-refractivity contribution is 7.96. The molecule has 5 nitrogen and oxygen atoms in total. The van der Waals surface area contributed by atoms with Gasteiger partial charge in [-0.3, -0.25) is 9.59 Å². The van der Waals surface area contributed by atoms with Crippen LogP contribution in [0.2, 0.25) is 0 Å². The molecule has 0 aliphatic rings. The average molecular weight is 352 g/mol. The van der Waals surface area contributed by atoms with Crippen LogP contribution in [0, 0.1) is 6.92 Å². The SMILES string of the molecule is CS(=O)(=O)CCCNC(=O)S.Cc1ccccc1.O=CS. The van der Waals surface area contributed by atoms with Crippen molar-refractivity contribution in [2.45, 2.75) is 13.3 Å². The molecule has 21 heavy (non-hydrogen) atoms. The highest BCUT2D eigenvalue weighted by Gasteiger charge is 2.00. The first-order valence-electron chi connectivity index (χ1n) is 5.97. The van der Waals surface area contributed by atoms with Crippen molar-refractivity contribution in [3.8, 4) is 0 Å². The van der Waals surface area contributed by atoms with E-state index in [9.17, 15) is 13.2 Å². The zero-order valence-electron chi connectivity index (χ0n) is 12.0. The molecular weight excluding hydrogens is 330 g/mol. The van der Waals surface area contributed by atoms with E-state index in [4.69, 9.17) is 4.79 Å². The van der Waals surface area contributed by atoms with Crippen molar-refractivity contribution < 1.29 is 18.0 Å². The van der Waals surface area contributed by atoms with Crippen molar-refractivity contribution in [2.24, 2.45) is 0 Å². The molecule has 1 aromatic carbocycles. The van der Waals surface area contributed by atoms with Gasteiger partial charge in [-0.1, -0.05) is 48.5 Å². The van der Waals surface area contributed by atoms with E-state index < -0.39 is 15.1 Å². The van der Waals surface area contributed by atoms with Gasteiger partial charge < -0.3 is 5.32 Å². The summed E-state index contributed by atoms with van der Waals surface area (Å²) >= 11 is 6.55. The molecule has 0 bridgehead atoms. The molecule has 1 aromatic rings. The lowest BCUT2D eigenvalue weighted by atomic mass is 10.2. The van der Waals surface area contributed by atoms with Crippen LogP contribution in [0.1, 0.15) is 12.0 Å². The van der Waals surface area contributed by atoms with Crippen LogP contribution < -0.4 is 5.32 Å². The third-order valence-electron chi connectivity index (χ3n) is 1.91. The van der Waals surface area contributed by atoms with Crippen LogP contribution in [0.15, 0.2) is 30.3 Å². The molecule has 0 atom stereocenters. The van der Waals surface area contributed by atoms with Gasteiger partial charge in [0.05, 0.1) is 5.75 Å². The summed E-state index contributed by atoms with van der Waals surface area (Å²) in [5.74, 6) is 0.0983. The minimum Gasteiger partial charge on any atom is -0.347 e. The molecule has 0 unspecified atom stereocenters. The Morgan fingerprint density at radius 1 is 1.29 bits per heavy atom. The monoisotopic (exact) mass is 351 g/mol. The zero-order valence-corrected chi connectivity index (χ0v) is 14.6. The Kier molecular flexibility index (Phi) is 14.8. The molecule has 0 aliphatic carbocycles. The molecule has 8 heteroatoms. The van der Waals surface area contributed by atoms with E-state index in [-0.39, 0.29) is 5.75 Å². The Balaban J connectivity index is 0. The van der Waals surface area contributed by atoms with Crippen LogP contribution in [0.4, 0.5) is 4.79 Å². The lowest BCUT2D eigenvalue weighted by molar-refractivity contribution is 0.261. The third kappa shape index (κ3) is 24.4. The topological polar surface area (TPSA) is 80.3 Å². The molecular formula is C13H21NO4S3. The number of hydrogen-bond acceptors (Lipinski definition) is 4. The van der Waals surface area contributed by atoms with E-state index in [1.54, 1.807) is 0 Å². The largest absolute Gasteiger partial charge is 0.347 e. The maximum absolute atomic E-state index is 10.5. The van der Waals surface area contributed by atoms with Gasteiger partial charge >= 0.3 is 0 Å². The molecule has 0 radical (unpaired) electrons. The highest BCUT2D eigenvalue weighted by Crippen LogP contribution is 1.92. The molecule has 0 heterocycles. The van der Waals surface area contributed by atoms with Gasteiger partial charge in [-0.25, -0.2) is 8.42 Å². The summed E-state index contributed by atoms with van der Waals surface area (Å²) in [6.07, 6.45) is 1.60. The summed E-state index contributed by atoms with van der Waals surface area (Å²) in [7, 11) is -2.90. The molecule has 0 aliphatic heterocycles. The summed E-state index contributed by atoms with van der Waals surface area (Å²) < 4.78 is 21.1. The number of nitrogens with one attached hydrogen (secondary N) is 1. The number of aryl methyl sites for hydroxylation is 1. The fourth-order valence-electron chi connectivity index (χ4n) is 1.06. The second kappa shape index (κ2) is 14.0. The average Bonchev–Trinajstić information content (AvgIpc) is 2.36. The molecule has 1 rings (SSSR count). The first kappa shape index (κ1) is 22.3. The van der Waals surface area contributed by atoms with E-state index in [0.717, 1.165) is 6.26 Å². The fraction of sp³-hybridized carbons (Fsp3) is 0.385. The molecule has 0 spiro atoms. The number of carbonyl (C=O) groups excluding carboxylic acids is 2. The van der Waals surface area contributed by atoms with Crippen molar-refractivity contribution in [1.82, 2.24) is 5.32 Å². The normalized spacial score (nSPS) is 9.33. The van der Waals surface area contributed by atoms with Gasteiger partial charge in [-0.05, 0) is 13.3 Å². The van der Waals surface area contributed by atoms with Crippen molar-refractivity contribution in [1.29, 1.82) is 0 Å². The van der Waals surface area contributed by atoms with Crippen LogP contribution in [0.25, 0.3) is 0 Å². The van der Waals surface area contributed by atoms with Gasteiger partial charge in [-0.2, -0.15) is 0 Å². The van der Waals surface area contributed by atoms with Crippen LogP contribution in [0.5, 0.6) is 0 Å². The third-order valence-corrected chi connectivity index (χ3v) is 3.10. The van der Waals surface area contributed by atoms with Crippen LogP contribution >= 0.6 is 25.3 Å². The lowest BCUT2D eigenvalue weighted by Crippen LogP contribution is -2.20. The number of sulfone groups is 1. The van der Waals surface area contributed by atoms with Crippen molar-refractivity contribution in [2.75, 3.05) is 18.6 Å². The predicted octanol–water partition coefficient (Wildman–Crippen LogP) is 2.16. The first-order chi connectivity index (χ1) is 9.72. The minimum absolute atomic E-state index is 0.0983. The van der Waals surface area contributed by atoms with Gasteiger partial charge in [0.2, 0.25) is 0 Å². The van der Waals surface area contributed by atoms with Gasteiger partial charge in [-0.15, -0.1) is 12.6 Å². The molecule has 120 valence electrons. The zero-order chi connectivity index (χ0) is 16.7. The van der Waals surface area contributed by atoms with Crippen molar-refractivity contribution >= 4 is 46.0 Å². The Morgan fingerprint density at radius 2 is 1.76 bits per heavy atom. The number of rotatable bonds is 4. The lowest BCUT2D eigenvalue weighted by Gasteiger charge is -1.98. The molecule has 0 aromatic heterocycles. The van der Waals surface area contributed by atoms with E-state index in [0.29, 0.717) is 18.6 Å². The Bertz CT molecular complexity index is 489. The predicted molar refractivity (Wildman–Crippen MR) is 93.6 cm³/mol. The van der Waals surface area contributed by atoms with Crippen LogP contribution in [-0.2, 0) is 14.6 Å². The summed E-state index contributed by atoms with van der Waals surface area (Å²) in [5.41, 5.74) is 1.77. The smallest absolute Gasteiger partial charge is 0.275 e. The standard InChI is InChI=1S/C7H8.C5H11NO3S2.CH2OS/c1-7-5-3-2-4-6-7;1-11(8,9)4-2-3-6-5(7)10;2-1-3/h2-6H,1H3;2-4H2,1H3,(H2,6,7,10);1H,(H,2,3). The molecule has 1 amide bonds. The summed E-state index contributed by atoms with van der Waals surface area (Å²) in [6, 6.07) is 10.3. The van der Waals surface area contributed by atoms with Gasteiger partial charge in [0.1, 0.15) is 9.84 Å². The molecule has 0 saturated heterocycles. The second-order valence-corrected chi connectivity index (χ2v) is 6.85. The second-order valence-electron chi connectivity index (χ2n) is 3.98. The fourth-order valence-corrected chi connectivity index (χ4v) is 1.84. The van der Waals surface area contributed by atoms with Crippen LogP contribution in [0.3, 0.4) is 0 Å². The Morgan fingerprint density at radius 3 is 2.05 bits per heavy atom. The quantitative estimate of drug-likeness (QED) is 0.441. The van der Waals surface area contributed by atoms with Crippen molar-refractivity contribution in [3.05, 3.63) is 35.9 Å². The highest BCUT2D eigenvalue weighted by atomic mass is 32.2. The molecule has 1 N–H and O–H groups in total. The summed E-state index contributed by atoms with van der Waals surface area (Å²) in [4.78, 5) is 18.8. The maximum Gasteiger partial charge on any atom is 0.275 e. The van der Waals surface area contributed by atoms with E-state index in [2.05, 4.69) is 49.6 Å². The number of carbonyl (C=O) groups is 2. The van der Waals surface area contributed by atoms with Gasteiger partial charge in [0.15, 0.2) is 5.62 Å². The van der Waals surface area contributed by atoms with Crippen LogP contribution in [-0.4, -0.2) is 37.8 Å². The molecule has 0 saturated carbocycles. The number of hydrogen-bond donors (Lipinski definition) is 3. The maximum atomic E-state index is 10.5. The Hall–Kier alpha value is -0.990. The number of thiol groups is 2. The number of amides is 1.